The number of rotatable bonds is 6. The van der Waals surface area contributed by atoms with Crippen LogP contribution in [0.3, 0.4) is 0 Å². The summed E-state index contributed by atoms with van der Waals surface area (Å²) in [7, 11) is 3.89. The minimum Gasteiger partial charge on any atom is -0.444 e. The fourth-order valence-corrected chi connectivity index (χ4v) is 3.02. The van der Waals surface area contributed by atoms with Crippen molar-refractivity contribution in [2.75, 3.05) is 40.3 Å². The van der Waals surface area contributed by atoms with Crippen LogP contribution in [0.5, 0.6) is 0 Å². The predicted octanol–water partition coefficient (Wildman–Crippen LogP) is 1.68. The van der Waals surface area contributed by atoms with E-state index in [4.69, 9.17) is 4.74 Å². The number of piperidine rings is 1. The van der Waals surface area contributed by atoms with Gasteiger partial charge in [-0.05, 0) is 61.1 Å². The van der Waals surface area contributed by atoms with Crippen molar-refractivity contribution in [1.29, 1.82) is 0 Å². The van der Waals surface area contributed by atoms with Gasteiger partial charge in [-0.2, -0.15) is 0 Å². The molecule has 6 heteroatoms. The maximum Gasteiger partial charge on any atom is 0.410 e. The number of carbonyl (C=O) groups is 1. The summed E-state index contributed by atoms with van der Waals surface area (Å²) in [6.07, 6.45) is 2.89. The zero-order valence-electron chi connectivity index (χ0n) is 15.7. The number of nitrogens with one attached hydrogen (secondary N) is 1. The van der Waals surface area contributed by atoms with E-state index in [1.807, 2.05) is 51.6 Å². The number of hydrogen-bond acceptors (Lipinski definition) is 5. The van der Waals surface area contributed by atoms with E-state index in [0.717, 1.165) is 25.8 Å². The molecule has 2 atom stereocenters. The monoisotopic (exact) mass is 329 g/mol. The molecular formula is C17H35N3O3. The second-order valence-electron chi connectivity index (χ2n) is 8.19. The summed E-state index contributed by atoms with van der Waals surface area (Å²) >= 11 is 0. The Hall–Kier alpha value is -0.850. The van der Waals surface area contributed by atoms with Crippen molar-refractivity contribution in [2.45, 2.75) is 64.2 Å². The molecule has 1 fully saturated rings. The highest BCUT2D eigenvalue weighted by molar-refractivity contribution is 5.68. The minimum absolute atomic E-state index is 0.133. The third-order valence-electron chi connectivity index (χ3n) is 3.80. The molecule has 1 rings (SSSR count). The Kier molecular flexibility index (Phi) is 7.29. The molecule has 1 saturated heterocycles. The average molecular weight is 329 g/mol. The smallest absolute Gasteiger partial charge is 0.410 e. The number of carbonyl (C=O) groups excluding carboxylic acids is 1. The predicted molar refractivity (Wildman–Crippen MR) is 92.6 cm³/mol. The summed E-state index contributed by atoms with van der Waals surface area (Å²) in [4.78, 5) is 16.2. The van der Waals surface area contributed by atoms with Gasteiger partial charge in [0.15, 0.2) is 0 Å². The molecule has 0 aliphatic carbocycles. The zero-order chi connectivity index (χ0) is 17.7. The van der Waals surface area contributed by atoms with Gasteiger partial charge in [-0.1, -0.05) is 0 Å². The van der Waals surface area contributed by atoms with Crippen LogP contribution in [0.2, 0.25) is 0 Å². The van der Waals surface area contributed by atoms with E-state index in [2.05, 4.69) is 5.32 Å². The van der Waals surface area contributed by atoms with E-state index in [1.54, 1.807) is 0 Å². The molecule has 0 aromatic heterocycles. The van der Waals surface area contributed by atoms with Gasteiger partial charge in [0.2, 0.25) is 0 Å². The van der Waals surface area contributed by atoms with Crippen molar-refractivity contribution in [2.24, 2.45) is 0 Å². The van der Waals surface area contributed by atoms with Crippen molar-refractivity contribution >= 4 is 6.09 Å². The lowest BCUT2D eigenvalue weighted by Crippen LogP contribution is -2.52. The van der Waals surface area contributed by atoms with Crippen molar-refractivity contribution in [3.8, 4) is 0 Å². The average Bonchev–Trinajstić information content (AvgIpc) is 2.35. The molecule has 6 nitrogen and oxygen atoms in total. The van der Waals surface area contributed by atoms with E-state index >= 15 is 0 Å². The molecule has 1 aliphatic heterocycles. The van der Waals surface area contributed by atoms with Crippen LogP contribution in [0.4, 0.5) is 4.79 Å². The lowest BCUT2D eigenvalue weighted by molar-refractivity contribution is 0.00754. The molecule has 1 heterocycles. The summed E-state index contributed by atoms with van der Waals surface area (Å²) in [6.45, 7) is 10.0. The van der Waals surface area contributed by atoms with Crippen LogP contribution >= 0.6 is 0 Å². The number of aliphatic hydroxyl groups is 1. The molecule has 2 unspecified atom stereocenters. The maximum absolute atomic E-state index is 12.3. The van der Waals surface area contributed by atoms with Crippen LogP contribution in [0, 0.1) is 0 Å². The number of ether oxygens (including phenoxy) is 1. The summed E-state index contributed by atoms with van der Waals surface area (Å²) in [5.41, 5.74) is -1.25. The van der Waals surface area contributed by atoms with Gasteiger partial charge in [-0.15, -0.1) is 0 Å². The third kappa shape index (κ3) is 7.99. The molecule has 0 saturated carbocycles. The van der Waals surface area contributed by atoms with Crippen molar-refractivity contribution in [3.05, 3.63) is 0 Å². The second-order valence-corrected chi connectivity index (χ2v) is 8.19. The highest BCUT2D eigenvalue weighted by Gasteiger charge is 2.30. The molecule has 23 heavy (non-hydrogen) atoms. The molecular weight excluding hydrogens is 294 g/mol. The number of hydrogen-bond donors (Lipinski definition) is 2. The number of nitrogens with zero attached hydrogens (tertiary/aromatic N) is 2. The second kappa shape index (κ2) is 8.31. The molecule has 0 aromatic rings. The Morgan fingerprint density at radius 1 is 1.30 bits per heavy atom. The lowest BCUT2D eigenvalue weighted by Gasteiger charge is -2.37. The van der Waals surface area contributed by atoms with Gasteiger partial charge in [0.05, 0.1) is 5.60 Å². The Balaban J connectivity index is 2.51. The highest BCUT2D eigenvalue weighted by Crippen LogP contribution is 2.20. The van der Waals surface area contributed by atoms with E-state index in [1.165, 1.54) is 0 Å². The van der Waals surface area contributed by atoms with E-state index < -0.39 is 11.2 Å². The van der Waals surface area contributed by atoms with Gasteiger partial charge < -0.3 is 25.0 Å². The Morgan fingerprint density at radius 2 is 1.96 bits per heavy atom. The van der Waals surface area contributed by atoms with E-state index in [0.29, 0.717) is 19.6 Å². The largest absolute Gasteiger partial charge is 0.444 e. The topological polar surface area (TPSA) is 65.0 Å². The van der Waals surface area contributed by atoms with Crippen LogP contribution in [0.25, 0.3) is 0 Å². The van der Waals surface area contributed by atoms with Gasteiger partial charge in [-0.3, -0.25) is 0 Å². The van der Waals surface area contributed by atoms with Crippen LogP contribution in [-0.4, -0.2) is 78.5 Å². The van der Waals surface area contributed by atoms with Crippen LogP contribution < -0.4 is 5.32 Å². The zero-order valence-corrected chi connectivity index (χ0v) is 15.7. The normalized spacial score (nSPS) is 22.1. The third-order valence-corrected chi connectivity index (χ3v) is 3.80. The van der Waals surface area contributed by atoms with Gasteiger partial charge in [0.1, 0.15) is 5.60 Å². The fraction of sp³-hybridized carbons (Fsp3) is 0.941. The first-order chi connectivity index (χ1) is 10.5. The van der Waals surface area contributed by atoms with E-state index in [9.17, 15) is 9.90 Å². The summed E-state index contributed by atoms with van der Waals surface area (Å²) < 4.78 is 5.51. The van der Waals surface area contributed by atoms with Crippen LogP contribution in [-0.2, 0) is 4.74 Å². The highest BCUT2D eigenvalue weighted by atomic mass is 16.6. The lowest BCUT2D eigenvalue weighted by atomic mass is 10.0. The number of amides is 1. The Bertz CT molecular complexity index is 378. The molecule has 0 aromatic carbocycles. The van der Waals surface area contributed by atoms with Crippen molar-refractivity contribution < 1.29 is 14.6 Å². The van der Waals surface area contributed by atoms with Gasteiger partial charge >= 0.3 is 6.09 Å². The van der Waals surface area contributed by atoms with Crippen LogP contribution in [0.15, 0.2) is 0 Å². The molecule has 2 N–H and O–H groups in total. The standard InChI is InChI=1S/C17H35N3O3/c1-16(2,3)23-15(21)20-10-8-7-9-14(20)11-18-12-17(4,22)13-19(5)6/h14,18,22H,7-13H2,1-6H3. The molecule has 1 aliphatic rings. The van der Waals surface area contributed by atoms with Gasteiger partial charge in [0, 0.05) is 32.2 Å². The number of likely N-dealkylation sites (tertiary alicyclic amines) is 1. The van der Waals surface area contributed by atoms with Crippen molar-refractivity contribution in [1.82, 2.24) is 15.1 Å². The van der Waals surface area contributed by atoms with Gasteiger partial charge in [0.25, 0.3) is 0 Å². The molecule has 136 valence electrons. The number of likely N-dealkylation sites (N-methyl/N-ethyl adjacent to an activating group) is 1. The quantitative estimate of drug-likeness (QED) is 0.776. The SMILES string of the molecule is CN(C)CC(C)(O)CNCC1CCCCN1C(=O)OC(C)(C)C. The maximum atomic E-state index is 12.3. The minimum atomic E-state index is -0.783. The summed E-state index contributed by atoms with van der Waals surface area (Å²) in [5, 5.41) is 13.7. The first-order valence-corrected chi connectivity index (χ1v) is 8.58. The summed E-state index contributed by atoms with van der Waals surface area (Å²) in [6, 6.07) is 0.133. The van der Waals surface area contributed by atoms with Gasteiger partial charge in [-0.25, -0.2) is 4.79 Å². The molecule has 0 radical (unpaired) electrons. The summed E-state index contributed by atoms with van der Waals surface area (Å²) in [5.74, 6) is 0. The molecule has 0 bridgehead atoms. The van der Waals surface area contributed by atoms with Crippen molar-refractivity contribution in [3.63, 3.8) is 0 Å². The Labute approximate surface area is 141 Å². The molecule has 1 amide bonds. The molecule has 0 spiro atoms. The van der Waals surface area contributed by atoms with E-state index in [-0.39, 0.29) is 12.1 Å². The Morgan fingerprint density at radius 3 is 2.52 bits per heavy atom. The van der Waals surface area contributed by atoms with Crippen LogP contribution in [0.1, 0.15) is 47.0 Å². The fourth-order valence-electron chi connectivity index (χ4n) is 3.02. The first-order valence-electron chi connectivity index (χ1n) is 8.58. The first kappa shape index (κ1) is 20.2.